The number of nitrogens with one attached hydrogen (secondary N) is 3. The van der Waals surface area contributed by atoms with E-state index in [-0.39, 0.29) is 24.8 Å². The van der Waals surface area contributed by atoms with Crippen molar-refractivity contribution in [2.24, 2.45) is 5.10 Å². The second-order valence-electron chi connectivity index (χ2n) is 10.4. The van der Waals surface area contributed by atoms with Crippen LogP contribution in [-0.4, -0.2) is 62.4 Å². The van der Waals surface area contributed by atoms with E-state index in [9.17, 15) is 19.5 Å². The fourth-order valence-electron chi connectivity index (χ4n) is 4.72. The minimum Gasteiger partial charge on any atom is -0.490 e. The summed E-state index contributed by atoms with van der Waals surface area (Å²) in [4.78, 5) is 36.5. The highest BCUT2D eigenvalue weighted by molar-refractivity contribution is 9.11. The highest BCUT2D eigenvalue weighted by Crippen LogP contribution is 2.36. The van der Waals surface area contributed by atoms with Gasteiger partial charge in [0, 0.05) is 5.70 Å². The maximum atomic E-state index is 12.5. The lowest BCUT2D eigenvalue weighted by atomic mass is 9.95. The van der Waals surface area contributed by atoms with Gasteiger partial charge in [0.15, 0.2) is 17.7 Å². The minimum absolute atomic E-state index is 0.172. The van der Waals surface area contributed by atoms with E-state index in [2.05, 4.69) is 53.0 Å². The molecule has 1 heterocycles. The van der Waals surface area contributed by atoms with E-state index >= 15 is 0 Å². The number of aliphatic hydroxyl groups is 1. The molecule has 0 saturated heterocycles. The van der Waals surface area contributed by atoms with Crippen LogP contribution in [0.1, 0.15) is 53.9 Å². The summed E-state index contributed by atoms with van der Waals surface area (Å²) in [6, 6.07) is 14.4. The summed E-state index contributed by atoms with van der Waals surface area (Å²) in [5.74, 6) is 0.331. The van der Waals surface area contributed by atoms with Crippen LogP contribution in [0.4, 0.5) is 4.79 Å². The third kappa shape index (κ3) is 9.96. The average Bonchev–Trinajstić information content (AvgIpc) is 3.07. The van der Waals surface area contributed by atoms with Crippen LogP contribution in [0.15, 0.2) is 79.9 Å². The van der Waals surface area contributed by atoms with Crippen molar-refractivity contribution in [2.45, 2.75) is 39.6 Å². The summed E-state index contributed by atoms with van der Waals surface area (Å²) in [7, 11) is 1.27. The number of benzene rings is 3. The molecule has 3 aromatic carbocycles. The first-order valence-corrected chi connectivity index (χ1v) is 16.7. The maximum absolute atomic E-state index is 12.5. The number of nitrogens with zero attached hydrogens (tertiary/aromatic N) is 1. The molecule has 0 unspecified atom stereocenters. The molecule has 2 amide bonds. The molecule has 13 nitrogen and oxygen atoms in total. The lowest BCUT2D eigenvalue weighted by molar-refractivity contribution is -0.136. The molecular formula is C34H36Br2N4O9. The lowest BCUT2D eigenvalue weighted by Crippen LogP contribution is -2.45. The Hall–Kier alpha value is -4.60. The summed E-state index contributed by atoms with van der Waals surface area (Å²) in [6.45, 7) is 5.92. The molecule has 1 aliphatic rings. The molecule has 0 spiro atoms. The van der Waals surface area contributed by atoms with Gasteiger partial charge < -0.3 is 39.4 Å². The Labute approximate surface area is 300 Å². The van der Waals surface area contributed by atoms with Crippen molar-refractivity contribution in [3.8, 4) is 17.2 Å². The lowest BCUT2D eigenvalue weighted by Gasteiger charge is -2.28. The SMILES string of the molecule is CCOC(=O)c1ccc(COc2c(Br)cc(/C=N/N[C@@H](O)COc3ccc([C@H]4NC(=O)NC(C)=C4C(=O)OC)cc3OCC)cc2Br)cc1. The molecule has 4 rings (SSSR count). The number of hydrogen-bond donors (Lipinski definition) is 4. The molecule has 0 radical (unpaired) electrons. The van der Waals surface area contributed by atoms with Crippen molar-refractivity contribution in [1.82, 2.24) is 16.1 Å². The van der Waals surface area contributed by atoms with E-state index in [1.807, 2.05) is 0 Å². The van der Waals surface area contributed by atoms with E-state index in [1.165, 1.54) is 13.3 Å². The second-order valence-corrected chi connectivity index (χ2v) is 12.1. The van der Waals surface area contributed by atoms with Crippen molar-refractivity contribution in [2.75, 3.05) is 26.9 Å². The molecule has 260 valence electrons. The number of carbonyl (C=O) groups excluding carboxylic acids is 3. The predicted molar refractivity (Wildman–Crippen MR) is 188 cm³/mol. The van der Waals surface area contributed by atoms with Gasteiger partial charge in [-0.2, -0.15) is 5.10 Å². The number of halogens is 2. The largest absolute Gasteiger partial charge is 0.490 e. The van der Waals surface area contributed by atoms with E-state index in [1.54, 1.807) is 75.4 Å². The van der Waals surface area contributed by atoms with Gasteiger partial charge in [-0.15, -0.1) is 0 Å². The van der Waals surface area contributed by atoms with Crippen LogP contribution in [0.5, 0.6) is 17.2 Å². The molecule has 0 bridgehead atoms. The molecule has 49 heavy (non-hydrogen) atoms. The number of aliphatic hydroxyl groups excluding tert-OH is 1. The number of rotatable bonds is 15. The maximum Gasteiger partial charge on any atom is 0.338 e. The zero-order chi connectivity index (χ0) is 35.5. The quantitative estimate of drug-likeness (QED) is 0.0669. The molecule has 0 aliphatic carbocycles. The second kappa shape index (κ2) is 17.7. The van der Waals surface area contributed by atoms with Gasteiger partial charge in [0.2, 0.25) is 0 Å². The highest BCUT2D eigenvalue weighted by Gasteiger charge is 2.32. The number of carbonyl (C=O) groups is 3. The number of hydrogen-bond acceptors (Lipinski definition) is 11. The van der Waals surface area contributed by atoms with Gasteiger partial charge in [-0.25, -0.2) is 14.4 Å². The van der Waals surface area contributed by atoms with Crippen LogP contribution in [0.3, 0.4) is 0 Å². The first kappa shape index (κ1) is 37.2. The summed E-state index contributed by atoms with van der Waals surface area (Å²) in [6.07, 6.45) is 0.356. The van der Waals surface area contributed by atoms with Crippen molar-refractivity contribution in [3.05, 3.63) is 97.1 Å². The Bertz CT molecular complexity index is 1710. The van der Waals surface area contributed by atoms with Crippen molar-refractivity contribution < 1.29 is 43.2 Å². The van der Waals surface area contributed by atoms with Crippen LogP contribution in [-0.2, 0) is 20.9 Å². The van der Waals surface area contributed by atoms with Crippen LogP contribution >= 0.6 is 31.9 Å². The number of hydrazone groups is 1. The zero-order valence-corrected chi connectivity index (χ0v) is 30.3. The predicted octanol–water partition coefficient (Wildman–Crippen LogP) is 5.49. The van der Waals surface area contributed by atoms with Gasteiger partial charge in [-0.3, -0.25) is 5.43 Å². The van der Waals surface area contributed by atoms with Gasteiger partial charge in [-0.1, -0.05) is 18.2 Å². The third-order valence-corrected chi connectivity index (χ3v) is 8.16. The van der Waals surface area contributed by atoms with Crippen LogP contribution < -0.4 is 30.3 Å². The number of ether oxygens (including phenoxy) is 5. The fourth-order valence-corrected chi connectivity index (χ4v) is 6.17. The van der Waals surface area contributed by atoms with Crippen LogP contribution in [0.2, 0.25) is 0 Å². The molecule has 0 fully saturated rings. The summed E-state index contributed by atoms with van der Waals surface area (Å²) in [5.41, 5.74) is 5.90. The van der Waals surface area contributed by atoms with Crippen molar-refractivity contribution in [1.29, 1.82) is 0 Å². The standard InChI is InChI=1S/C34H36Br2N4O9/c1-5-46-27-15-23(30-29(33(43)45-4)19(3)38-34(44)39-30)11-12-26(27)48-18-28(41)40-37-16-21-13-24(35)31(25(36)14-21)49-17-20-7-9-22(10-8-20)32(42)47-6-2/h7-16,28,30,40-41H,5-6,17-18H2,1-4H3,(H2,38,39,44)/b37-16+/t28-,30+/m0/s1. The molecule has 3 aromatic rings. The Balaban J connectivity index is 1.34. The van der Waals surface area contributed by atoms with Gasteiger partial charge >= 0.3 is 18.0 Å². The van der Waals surface area contributed by atoms with Gasteiger partial charge in [-0.05, 0) is 106 Å². The Morgan fingerprint density at radius 3 is 2.35 bits per heavy atom. The van der Waals surface area contributed by atoms with E-state index in [0.29, 0.717) is 61.8 Å². The first-order chi connectivity index (χ1) is 23.5. The Morgan fingerprint density at radius 1 is 0.980 bits per heavy atom. The number of methoxy groups -OCH3 is 1. The van der Waals surface area contributed by atoms with Crippen LogP contribution in [0.25, 0.3) is 0 Å². The van der Waals surface area contributed by atoms with Crippen molar-refractivity contribution >= 4 is 56.0 Å². The van der Waals surface area contributed by atoms with Gasteiger partial charge in [0.1, 0.15) is 19.0 Å². The van der Waals surface area contributed by atoms with Gasteiger partial charge in [0.05, 0.1) is 52.7 Å². The van der Waals surface area contributed by atoms with Crippen molar-refractivity contribution in [3.63, 3.8) is 0 Å². The number of urea groups is 1. The van der Waals surface area contributed by atoms with Crippen LogP contribution in [0, 0.1) is 0 Å². The number of allylic oxidation sites excluding steroid dienone is 1. The molecule has 15 heteroatoms. The van der Waals surface area contributed by atoms with Gasteiger partial charge in [0.25, 0.3) is 0 Å². The van der Waals surface area contributed by atoms with E-state index < -0.39 is 24.3 Å². The smallest absolute Gasteiger partial charge is 0.338 e. The molecule has 0 aromatic heterocycles. The summed E-state index contributed by atoms with van der Waals surface area (Å²) in [5, 5.41) is 19.9. The van der Waals surface area contributed by atoms with E-state index in [4.69, 9.17) is 23.7 Å². The molecule has 1 aliphatic heterocycles. The monoisotopic (exact) mass is 802 g/mol. The Morgan fingerprint density at radius 2 is 1.69 bits per heavy atom. The average molecular weight is 804 g/mol. The first-order valence-electron chi connectivity index (χ1n) is 15.1. The fraction of sp³-hybridized carbons (Fsp3) is 0.294. The molecular weight excluding hydrogens is 768 g/mol. The molecule has 2 atom stereocenters. The molecule has 4 N–H and O–H groups in total. The summed E-state index contributed by atoms with van der Waals surface area (Å²) >= 11 is 7.06. The normalized spacial score (nSPS) is 14.8. The minimum atomic E-state index is -1.17. The topological polar surface area (TPSA) is 166 Å². The third-order valence-electron chi connectivity index (χ3n) is 6.98. The highest BCUT2D eigenvalue weighted by atomic mass is 79.9. The summed E-state index contributed by atoms with van der Waals surface area (Å²) < 4.78 is 28.8. The Kier molecular flexibility index (Phi) is 13.4. The van der Waals surface area contributed by atoms with E-state index in [0.717, 1.165) is 5.56 Å². The molecule has 0 saturated carbocycles. The zero-order valence-electron chi connectivity index (χ0n) is 27.2. The number of esters is 2. The number of amides is 2.